The topological polar surface area (TPSA) is 46.9 Å². The Morgan fingerprint density at radius 2 is 2.16 bits per heavy atom. The van der Waals surface area contributed by atoms with Gasteiger partial charge in [-0.1, -0.05) is 6.07 Å². The number of aryl methyl sites for hydroxylation is 1. The van der Waals surface area contributed by atoms with E-state index in [4.69, 9.17) is 0 Å². The molecule has 0 atom stereocenters. The Morgan fingerprint density at radius 1 is 1.24 bits per heavy atom. The fourth-order valence-corrected chi connectivity index (χ4v) is 4.46. The van der Waals surface area contributed by atoms with Gasteiger partial charge in [0.05, 0.1) is 17.0 Å². The molecule has 0 radical (unpaired) electrons. The van der Waals surface area contributed by atoms with Crippen molar-refractivity contribution < 1.29 is 4.79 Å². The molecule has 0 saturated heterocycles. The average molecular weight is 367 g/mol. The number of rotatable bonds is 5. The third-order valence-electron chi connectivity index (χ3n) is 4.02. The van der Waals surface area contributed by atoms with Crippen LogP contribution in [0.2, 0.25) is 0 Å². The minimum Gasteiger partial charge on any atom is -0.348 e. The van der Waals surface area contributed by atoms with Crippen LogP contribution in [-0.4, -0.2) is 15.5 Å². The first-order valence-electron chi connectivity index (χ1n) is 8.10. The second-order valence-corrected chi connectivity index (χ2v) is 7.53. The van der Waals surface area contributed by atoms with Gasteiger partial charge in [-0.15, -0.1) is 22.7 Å². The minimum absolute atomic E-state index is 0.0442. The lowest BCUT2D eigenvalue weighted by atomic mass is 10.2. The highest BCUT2D eigenvalue weighted by molar-refractivity contribution is 7.20. The molecule has 1 amide bonds. The van der Waals surface area contributed by atoms with E-state index < -0.39 is 0 Å². The average Bonchev–Trinajstić information content (AvgIpc) is 3.34. The number of hydrogen-bond acceptors (Lipinski definition) is 4. The molecule has 0 aliphatic heterocycles. The highest BCUT2D eigenvalue weighted by Gasteiger charge is 2.10. The van der Waals surface area contributed by atoms with Crippen LogP contribution in [0.3, 0.4) is 0 Å². The number of thiophene rings is 1. The van der Waals surface area contributed by atoms with Crippen LogP contribution in [0.5, 0.6) is 0 Å². The maximum Gasteiger partial charge on any atom is 0.230 e. The zero-order valence-corrected chi connectivity index (χ0v) is 15.4. The summed E-state index contributed by atoms with van der Waals surface area (Å²) in [6.45, 7) is 3.05. The van der Waals surface area contributed by atoms with Gasteiger partial charge in [-0.2, -0.15) is 0 Å². The third kappa shape index (κ3) is 3.36. The number of thiazole rings is 1. The Bertz CT molecular complexity index is 1010. The van der Waals surface area contributed by atoms with Gasteiger partial charge in [-0.25, -0.2) is 4.98 Å². The quantitative estimate of drug-likeness (QED) is 0.538. The maximum absolute atomic E-state index is 12.3. The molecule has 0 unspecified atom stereocenters. The molecular weight excluding hydrogens is 350 g/mol. The van der Waals surface area contributed by atoms with Gasteiger partial charge in [0.1, 0.15) is 5.01 Å². The van der Waals surface area contributed by atoms with Crippen LogP contribution in [0.1, 0.15) is 12.6 Å². The number of amides is 1. The maximum atomic E-state index is 12.3. The SMILES string of the molecule is CCn1ccc2cc(NC(=O)Cc3csc(-c4cccs4)n3)ccc21. The van der Waals surface area contributed by atoms with E-state index in [0.717, 1.165) is 33.2 Å². The van der Waals surface area contributed by atoms with Crippen molar-refractivity contribution in [3.63, 3.8) is 0 Å². The lowest BCUT2D eigenvalue weighted by Gasteiger charge is -2.06. The van der Waals surface area contributed by atoms with Gasteiger partial charge in [0, 0.05) is 34.7 Å². The molecule has 126 valence electrons. The number of benzene rings is 1. The number of nitrogens with one attached hydrogen (secondary N) is 1. The third-order valence-corrected chi connectivity index (χ3v) is 5.95. The van der Waals surface area contributed by atoms with Crippen molar-refractivity contribution in [2.45, 2.75) is 19.9 Å². The van der Waals surface area contributed by atoms with E-state index in [0.29, 0.717) is 0 Å². The molecule has 0 bridgehead atoms. The Hall–Kier alpha value is -2.44. The second kappa shape index (κ2) is 6.82. The molecule has 4 aromatic rings. The van der Waals surface area contributed by atoms with Crippen molar-refractivity contribution in [1.29, 1.82) is 0 Å². The fraction of sp³-hybridized carbons (Fsp3) is 0.158. The van der Waals surface area contributed by atoms with Crippen molar-refractivity contribution in [3.8, 4) is 9.88 Å². The van der Waals surface area contributed by atoms with E-state index in [1.165, 1.54) is 5.52 Å². The van der Waals surface area contributed by atoms with Crippen LogP contribution in [0.15, 0.2) is 53.4 Å². The smallest absolute Gasteiger partial charge is 0.230 e. The Morgan fingerprint density at radius 3 is 2.96 bits per heavy atom. The molecular formula is C19H17N3OS2. The predicted molar refractivity (Wildman–Crippen MR) is 105 cm³/mol. The first-order chi connectivity index (χ1) is 12.2. The van der Waals surface area contributed by atoms with Crippen molar-refractivity contribution in [2.24, 2.45) is 0 Å². The number of fused-ring (bicyclic) bond motifs is 1. The summed E-state index contributed by atoms with van der Waals surface area (Å²) >= 11 is 3.24. The standard InChI is InChI=1S/C19H17N3OS2/c1-2-22-8-7-13-10-14(5-6-16(13)22)20-18(23)11-15-12-25-19(21-15)17-4-3-9-24-17/h3-10,12H,2,11H2,1H3,(H,20,23). The van der Waals surface area contributed by atoms with Crippen molar-refractivity contribution in [3.05, 3.63) is 59.0 Å². The molecule has 0 fully saturated rings. The molecule has 1 N–H and O–H groups in total. The van der Waals surface area contributed by atoms with Gasteiger partial charge in [0.25, 0.3) is 0 Å². The van der Waals surface area contributed by atoms with Gasteiger partial charge in [0.2, 0.25) is 5.91 Å². The number of aromatic nitrogens is 2. The summed E-state index contributed by atoms with van der Waals surface area (Å²) in [6.07, 6.45) is 2.35. The monoisotopic (exact) mass is 367 g/mol. The van der Waals surface area contributed by atoms with Crippen LogP contribution < -0.4 is 5.32 Å². The zero-order chi connectivity index (χ0) is 17.2. The first-order valence-corrected chi connectivity index (χ1v) is 9.86. The van der Waals surface area contributed by atoms with E-state index in [1.54, 1.807) is 22.7 Å². The van der Waals surface area contributed by atoms with Gasteiger partial charge < -0.3 is 9.88 Å². The number of carbonyl (C=O) groups excluding carboxylic acids is 1. The Labute approximate surface area is 153 Å². The molecule has 6 heteroatoms. The number of nitrogens with zero attached hydrogens (tertiary/aromatic N) is 2. The summed E-state index contributed by atoms with van der Waals surface area (Å²) in [4.78, 5) is 18.0. The summed E-state index contributed by atoms with van der Waals surface area (Å²) in [6, 6.07) is 12.1. The van der Waals surface area contributed by atoms with Gasteiger partial charge in [-0.3, -0.25) is 4.79 Å². The highest BCUT2D eigenvalue weighted by Crippen LogP contribution is 2.28. The first kappa shape index (κ1) is 16.1. The summed E-state index contributed by atoms with van der Waals surface area (Å²) in [7, 11) is 0. The van der Waals surface area contributed by atoms with Gasteiger partial charge in [-0.05, 0) is 42.6 Å². The summed E-state index contributed by atoms with van der Waals surface area (Å²) in [5, 5.41) is 9.07. The van der Waals surface area contributed by atoms with Crippen LogP contribution in [0, 0.1) is 0 Å². The number of anilines is 1. The second-order valence-electron chi connectivity index (χ2n) is 5.72. The summed E-state index contributed by atoms with van der Waals surface area (Å²) in [5.74, 6) is -0.0442. The zero-order valence-electron chi connectivity index (χ0n) is 13.7. The molecule has 4 nitrogen and oxygen atoms in total. The molecule has 0 aliphatic carbocycles. The van der Waals surface area contributed by atoms with E-state index in [9.17, 15) is 4.79 Å². The molecule has 0 spiro atoms. The van der Waals surface area contributed by atoms with E-state index in [1.807, 2.05) is 41.1 Å². The van der Waals surface area contributed by atoms with Crippen molar-refractivity contribution in [2.75, 3.05) is 5.32 Å². The van der Waals surface area contributed by atoms with Gasteiger partial charge >= 0.3 is 0 Å². The van der Waals surface area contributed by atoms with Crippen LogP contribution >= 0.6 is 22.7 Å². The molecule has 3 heterocycles. The number of carbonyl (C=O) groups is 1. The normalized spacial score (nSPS) is 11.1. The molecule has 3 aromatic heterocycles. The minimum atomic E-state index is -0.0442. The van der Waals surface area contributed by atoms with Crippen LogP contribution in [0.4, 0.5) is 5.69 Å². The summed E-state index contributed by atoms with van der Waals surface area (Å²) in [5.41, 5.74) is 2.81. The largest absolute Gasteiger partial charge is 0.348 e. The van der Waals surface area contributed by atoms with E-state index in [-0.39, 0.29) is 12.3 Å². The van der Waals surface area contributed by atoms with E-state index in [2.05, 4.69) is 34.1 Å². The molecule has 1 aromatic carbocycles. The predicted octanol–water partition coefficient (Wildman–Crippen LogP) is 5.03. The molecule has 25 heavy (non-hydrogen) atoms. The Balaban J connectivity index is 1.45. The van der Waals surface area contributed by atoms with Crippen LogP contribution in [-0.2, 0) is 17.8 Å². The lowest BCUT2D eigenvalue weighted by Crippen LogP contribution is -2.14. The fourth-order valence-electron chi connectivity index (χ4n) is 2.82. The van der Waals surface area contributed by atoms with E-state index >= 15 is 0 Å². The molecule has 4 rings (SSSR count). The molecule has 0 saturated carbocycles. The molecule has 0 aliphatic rings. The highest BCUT2D eigenvalue weighted by atomic mass is 32.1. The summed E-state index contributed by atoms with van der Waals surface area (Å²) < 4.78 is 2.18. The van der Waals surface area contributed by atoms with Crippen molar-refractivity contribution >= 4 is 45.2 Å². The van der Waals surface area contributed by atoms with Crippen molar-refractivity contribution in [1.82, 2.24) is 9.55 Å². The lowest BCUT2D eigenvalue weighted by molar-refractivity contribution is -0.115. The van der Waals surface area contributed by atoms with Crippen LogP contribution in [0.25, 0.3) is 20.8 Å². The number of hydrogen-bond donors (Lipinski definition) is 1. The van der Waals surface area contributed by atoms with Gasteiger partial charge in [0.15, 0.2) is 0 Å². The Kier molecular flexibility index (Phi) is 4.38.